The van der Waals surface area contributed by atoms with Gasteiger partial charge in [0.2, 0.25) is 5.88 Å². The van der Waals surface area contributed by atoms with Crippen LogP contribution in [-0.4, -0.2) is 24.1 Å². The highest BCUT2D eigenvalue weighted by Gasteiger charge is 2.37. The molecule has 152 valence electrons. The lowest BCUT2D eigenvalue weighted by Gasteiger charge is -2.28. The van der Waals surface area contributed by atoms with Gasteiger partial charge >= 0.3 is 0 Å². The van der Waals surface area contributed by atoms with Crippen LogP contribution in [0.4, 0.5) is 0 Å². The summed E-state index contributed by atoms with van der Waals surface area (Å²) in [5.41, 5.74) is 3.44. The van der Waals surface area contributed by atoms with Gasteiger partial charge in [-0.15, -0.1) is 0 Å². The highest BCUT2D eigenvalue weighted by atomic mass is 35.5. The van der Waals surface area contributed by atoms with Gasteiger partial charge in [-0.2, -0.15) is 5.10 Å². The van der Waals surface area contributed by atoms with Crippen LogP contribution in [0.2, 0.25) is 5.02 Å². The van der Waals surface area contributed by atoms with E-state index >= 15 is 0 Å². The van der Waals surface area contributed by atoms with Crippen LogP contribution in [0.15, 0.2) is 59.7 Å². The molecule has 8 heteroatoms. The van der Waals surface area contributed by atoms with Crippen molar-refractivity contribution in [2.24, 2.45) is 7.05 Å². The number of para-hydroxylation sites is 1. The third-order valence-corrected chi connectivity index (χ3v) is 6.01. The van der Waals surface area contributed by atoms with Crippen LogP contribution in [0.25, 0.3) is 16.6 Å². The first-order valence-corrected chi connectivity index (χ1v) is 10.2. The van der Waals surface area contributed by atoms with Crippen LogP contribution in [-0.2, 0) is 7.05 Å². The van der Waals surface area contributed by atoms with Gasteiger partial charge < -0.3 is 9.30 Å². The zero-order valence-electron chi connectivity index (χ0n) is 16.7. The van der Waals surface area contributed by atoms with Crippen molar-refractivity contribution in [3.05, 3.63) is 92.7 Å². The van der Waals surface area contributed by atoms with E-state index in [4.69, 9.17) is 16.3 Å². The Morgan fingerprint density at radius 2 is 1.84 bits per heavy atom. The molecule has 2 aromatic carbocycles. The van der Waals surface area contributed by atoms with Gasteiger partial charge in [0, 0.05) is 17.5 Å². The van der Waals surface area contributed by atoms with E-state index < -0.39 is 5.92 Å². The van der Waals surface area contributed by atoms with Gasteiger partial charge in [-0.25, -0.2) is 14.5 Å². The van der Waals surface area contributed by atoms with E-state index in [1.165, 1.54) is 0 Å². The molecule has 1 aliphatic rings. The van der Waals surface area contributed by atoms with Gasteiger partial charge in [0.1, 0.15) is 17.9 Å². The molecule has 0 aliphatic carbocycles. The molecule has 0 saturated carbocycles. The fraction of sp³-hybridized carbons (Fsp3) is 0.130. The van der Waals surface area contributed by atoms with Crippen LogP contribution >= 0.6 is 11.6 Å². The maximum atomic E-state index is 13.6. The van der Waals surface area contributed by atoms with Crippen LogP contribution in [0.3, 0.4) is 0 Å². The number of aromatic nitrogens is 5. The number of aryl methyl sites for hydroxylation is 2. The van der Waals surface area contributed by atoms with Crippen LogP contribution in [0, 0.1) is 6.92 Å². The highest BCUT2D eigenvalue weighted by molar-refractivity contribution is 6.30. The number of halogens is 1. The Balaban J connectivity index is 1.78. The molecule has 7 nitrogen and oxygen atoms in total. The quantitative estimate of drug-likeness (QED) is 0.391. The van der Waals surface area contributed by atoms with Gasteiger partial charge in [0.05, 0.1) is 22.6 Å². The molecule has 0 radical (unpaired) electrons. The molecule has 0 N–H and O–H groups in total. The third kappa shape index (κ3) is 2.53. The minimum absolute atomic E-state index is 0.127. The van der Waals surface area contributed by atoms with Gasteiger partial charge in [-0.05, 0) is 36.8 Å². The van der Waals surface area contributed by atoms with E-state index in [9.17, 15) is 4.79 Å². The van der Waals surface area contributed by atoms with E-state index in [1.807, 2.05) is 55.5 Å². The Morgan fingerprint density at radius 1 is 1.06 bits per heavy atom. The minimum atomic E-state index is -0.431. The number of rotatable bonds is 1. The molecule has 4 heterocycles. The first kappa shape index (κ1) is 18.1. The van der Waals surface area contributed by atoms with Crippen molar-refractivity contribution in [1.29, 1.82) is 0 Å². The smallest absolute Gasteiger partial charge is 0.258 e. The van der Waals surface area contributed by atoms with E-state index in [0.29, 0.717) is 39.3 Å². The summed E-state index contributed by atoms with van der Waals surface area (Å²) in [6, 6.07) is 15.2. The van der Waals surface area contributed by atoms with E-state index in [0.717, 1.165) is 16.5 Å². The maximum absolute atomic E-state index is 13.6. The average Bonchev–Trinajstić information content (AvgIpc) is 3.17. The van der Waals surface area contributed by atoms with E-state index in [-0.39, 0.29) is 5.56 Å². The summed E-state index contributed by atoms with van der Waals surface area (Å²) in [5, 5.41) is 5.87. The second-order valence-corrected chi connectivity index (χ2v) is 8.04. The first-order valence-electron chi connectivity index (χ1n) is 9.79. The predicted molar refractivity (Wildman–Crippen MR) is 117 cm³/mol. The predicted octanol–water partition coefficient (Wildman–Crippen LogP) is 4.22. The van der Waals surface area contributed by atoms with Gasteiger partial charge in [0.25, 0.3) is 5.56 Å². The zero-order valence-corrected chi connectivity index (χ0v) is 17.5. The van der Waals surface area contributed by atoms with Crippen molar-refractivity contribution in [1.82, 2.24) is 24.1 Å². The summed E-state index contributed by atoms with van der Waals surface area (Å²) < 4.78 is 9.57. The highest BCUT2D eigenvalue weighted by Crippen LogP contribution is 2.48. The maximum Gasteiger partial charge on any atom is 0.258 e. The number of benzene rings is 2. The molecule has 5 aromatic rings. The number of hydrogen-bond donors (Lipinski definition) is 0. The Labute approximate surface area is 181 Å². The summed E-state index contributed by atoms with van der Waals surface area (Å²) in [4.78, 5) is 22.7. The Hall–Kier alpha value is -3.71. The topological polar surface area (TPSA) is 74.3 Å². The summed E-state index contributed by atoms with van der Waals surface area (Å²) in [6.07, 6.45) is 1.58. The van der Waals surface area contributed by atoms with E-state index in [2.05, 4.69) is 15.1 Å². The van der Waals surface area contributed by atoms with Crippen molar-refractivity contribution in [2.45, 2.75) is 12.8 Å². The summed E-state index contributed by atoms with van der Waals surface area (Å²) in [6.45, 7) is 1.82. The molecule has 0 bridgehead atoms. The van der Waals surface area contributed by atoms with Crippen molar-refractivity contribution in [3.63, 3.8) is 0 Å². The zero-order chi connectivity index (χ0) is 21.3. The molecule has 31 heavy (non-hydrogen) atoms. The van der Waals surface area contributed by atoms with Crippen molar-refractivity contribution >= 4 is 28.2 Å². The van der Waals surface area contributed by atoms with E-state index in [1.54, 1.807) is 22.5 Å². The number of pyridine rings is 1. The number of hydrogen-bond acceptors (Lipinski definition) is 5. The Morgan fingerprint density at radius 3 is 2.65 bits per heavy atom. The van der Waals surface area contributed by atoms with Gasteiger partial charge in [-0.1, -0.05) is 35.9 Å². The molecule has 0 fully saturated rings. The average molecular weight is 430 g/mol. The van der Waals surface area contributed by atoms with Crippen molar-refractivity contribution in [3.8, 4) is 11.6 Å². The molecule has 0 spiro atoms. The second kappa shape index (κ2) is 6.39. The molecule has 6 rings (SSSR count). The fourth-order valence-electron chi connectivity index (χ4n) is 4.39. The molecular formula is C23H16ClN5O2. The van der Waals surface area contributed by atoms with Gasteiger partial charge in [-0.3, -0.25) is 4.79 Å². The SMILES string of the molecule is Cc1nc2c3c(ncn2n1)Oc1c(c(=O)n(C)c2ccccc12)C3c1ccc(Cl)cc1. The lowest BCUT2D eigenvalue weighted by molar-refractivity contribution is 0.434. The molecule has 0 amide bonds. The minimum Gasteiger partial charge on any atom is -0.437 e. The second-order valence-electron chi connectivity index (χ2n) is 7.60. The monoisotopic (exact) mass is 429 g/mol. The van der Waals surface area contributed by atoms with Crippen molar-refractivity contribution in [2.75, 3.05) is 0 Å². The normalized spacial score (nSPS) is 15.0. The molecule has 1 unspecified atom stereocenters. The Kier molecular flexibility index (Phi) is 3.73. The van der Waals surface area contributed by atoms with Gasteiger partial charge in [0.15, 0.2) is 5.65 Å². The summed E-state index contributed by atoms with van der Waals surface area (Å²) in [7, 11) is 1.78. The molecule has 0 saturated heterocycles. The first-order chi connectivity index (χ1) is 15.0. The van der Waals surface area contributed by atoms with Crippen LogP contribution in [0.5, 0.6) is 11.6 Å². The lowest BCUT2D eigenvalue weighted by Crippen LogP contribution is -2.28. The van der Waals surface area contributed by atoms with Crippen molar-refractivity contribution < 1.29 is 4.74 Å². The molecule has 1 aliphatic heterocycles. The lowest BCUT2D eigenvalue weighted by atomic mass is 9.83. The standard InChI is InChI=1S/C23H16ClN5O2/c1-12-26-21-19-17(13-7-9-14(24)10-8-13)18-20(31-22(19)25-11-29(21)27-12)15-5-3-4-6-16(15)28(2)23(18)30/h3-11,17H,1-2H3. The molecule has 1 atom stereocenters. The van der Waals surface area contributed by atoms with Crippen LogP contribution in [0.1, 0.15) is 28.4 Å². The molecular weight excluding hydrogens is 414 g/mol. The largest absolute Gasteiger partial charge is 0.437 e. The fourth-order valence-corrected chi connectivity index (χ4v) is 4.51. The Bertz CT molecular complexity index is 1570. The number of fused-ring (bicyclic) bond motifs is 6. The van der Waals surface area contributed by atoms with Crippen LogP contribution < -0.4 is 10.3 Å². The number of ether oxygens (including phenoxy) is 1. The third-order valence-electron chi connectivity index (χ3n) is 5.76. The number of nitrogens with zero attached hydrogens (tertiary/aromatic N) is 5. The molecule has 3 aromatic heterocycles. The summed E-state index contributed by atoms with van der Waals surface area (Å²) >= 11 is 6.15. The summed E-state index contributed by atoms with van der Waals surface area (Å²) in [5.74, 6) is 1.13.